The van der Waals surface area contributed by atoms with Gasteiger partial charge in [-0.15, -0.1) is 0 Å². The van der Waals surface area contributed by atoms with E-state index >= 15 is 0 Å². The van der Waals surface area contributed by atoms with Gasteiger partial charge < -0.3 is 10.1 Å². The lowest BCUT2D eigenvalue weighted by atomic mass is 9.93. The van der Waals surface area contributed by atoms with Crippen molar-refractivity contribution in [3.8, 4) is 11.5 Å². The molecular weight excluding hydrogens is 371 g/mol. The van der Waals surface area contributed by atoms with Crippen LogP contribution in [0.5, 0.6) is 11.5 Å². The molecule has 144 valence electrons. The van der Waals surface area contributed by atoms with Gasteiger partial charge in [-0.25, -0.2) is 9.87 Å². The minimum Gasteiger partial charge on any atom is -0.457 e. The average molecular weight is 392 g/mol. The normalized spacial score (nSPS) is 17.1. The SMILES string of the molecule is O=C(CC1(S(=O)c2ccc(Oc3ccc(F)cc3)cc2)CCNCC1)NO. The van der Waals surface area contributed by atoms with Gasteiger partial charge in [0.2, 0.25) is 5.91 Å². The molecule has 3 rings (SSSR count). The number of hydrogen-bond donors (Lipinski definition) is 3. The highest BCUT2D eigenvalue weighted by Crippen LogP contribution is 2.34. The summed E-state index contributed by atoms with van der Waals surface area (Å²) in [5.41, 5.74) is 1.64. The molecule has 0 saturated carbocycles. The predicted molar refractivity (Wildman–Crippen MR) is 98.7 cm³/mol. The third kappa shape index (κ3) is 4.71. The quantitative estimate of drug-likeness (QED) is 0.520. The van der Waals surface area contributed by atoms with Gasteiger partial charge in [0.1, 0.15) is 17.3 Å². The van der Waals surface area contributed by atoms with Crippen molar-refractivity contribution in [2.45, 2.75) is 28.9 Å². The summed E-state index contributed by atoms with van der Waals surface area (Å²) in [4.78, 5) is 12.3. The van der Waals surface area contributed by atoms with Crippen LogP contribution in [0.2, 0.25) is 0 Å². The molecule has 2 aromatic rings. The first-order valence-corrected chi connectivity index (χ1v) is 9.76. The van der Waals surface area contributed by atoms with Gasteiger partial charge in [0.05, 0.1) is 15.5 Å². The van der Waals surface area contributed by atoms with Crippen molar-refractivity contribution >= 4 is 16.7 Å². The molecule has 6 nitrogen and oxygen atoms in total. The van der Waals surface area contributed by atoms with Crippen molar-refractivity contribution in [3.05, 3.63) is 54.3 Å². The topological polar surface area (TPSA) is 87.7 Å². The van der Waals surface area contributed by atoms with Crippen LogP contribution in [0.1, 0.15) is 19.3 Å². The number of carbonyl (C=O) groups is 1. The molecule has 0 spiro atoms. The van der Waals surface area contributed by atoms with Gasteiger partial charge in [0, 0.05) is 11.3 Å². The van der Waals surface area contributed by atoms with Gasteiger partial charge >= 0.3 is 0 Å². The average Bonchev–Trinajstić information content (AvgIpc) is 2.70. The molecule has 3 N–H and O–H groups in total. The second-order valence-electron chi connectivity index (χ2n) is 6.44. The maximum absolute atomic E-state index is 13.2. The first-order valence-electron chi connectivity index (χ1n) is 8.61. The zero-order valence-electron chi connectivity index (χ0n) is 14.6. The second kappa shape index (κ2) is 8.60. The van der Waals surface area contributed by atoms with E-state index in [4.69, 9.17) is 9.94 Å². The molecule has 0 aromatic heterocycles. The Morgan fingerprint density at radius 2 is 1.67 bits per heavy atom. The number of hydrogen-bond acceptors (Lipinski definition) is 5. The number of hydroxylamine groups is 1. The largest absolute Gasteiger partial charge is 0.457 e. The fraction of sp³-hybridized carbons (Fsp3) is 0.316. The minimum atomic E-state index is -1.43. The Morgan fingerprint density at radius 3 is 2.22 bits per heavy atom. The number of halogens is 1. The first-order chi connectivity index (χ1) is 13.0. The van der Waals surface area contributed by atoms with Crippen LogP contribution in [-0.4, -0.2) is 33.2 Å². The zero-order valence-corrected chi connectivity index (χ0v) is 15.4. The van der Waals surface area contributed by atoms with E-state index in [0.717, 1.165) is 0 Å². The first kappa shape index (κ1) is 19.5. The lowest BCUT2D eigenvalue weighted by Gasteiger charge is -2.36. The van der Waals surface area contributed by atoms with Crippen LogP contribution in [0, 0.1) is 5.82 Å². The van der Waals surface area contributed by atoms with Crippen LogP contribution in [-0.2, 0) is 15.6 Å². The molecule has 2 aromatic carbocycles. The number of carbonyl (C=O) groups excluding carboxylic acids is 1. The van der Waals surface area contributed by atoms with E-state index in [1.54, 1.807) is 29.7 Å². The van der Waals surface area contributed by atoms with Crippen molar-refractivity contribution in [1.82, 2.24) is 10.8 Å². The van der Waals surface area contributed by atoms with Crippen LogP contribution in [0.4, 0.5) is 4.39 Å². The molecular formula is C19H21FN2O4S. The number of amides is 1. The lowest BCUT2D eigenvalue weighted by Crippen LogP contribution is -2.47. The van der Waals surface area contributed by atoms with E-state index in [2.05, 4.69) is 5.32 Å². The summed E-state index contributed by atoms with van der Waals surface area (Å²) >= 11 is 0. The van der Waals surface area contributed by atoms with Gasteiger partial charge in [-0.3, -0.25) is 14.2 Å². The van der Waals surface area contributed by atoms with E-state index in [1.807, 2.05) is 0 Å². The highest BCUT2D eigenvalue weighted by Gasteiger charge is 2.40. The number of rotatable bonds is 6. The Kier molecular flexibility index (Phi) is 6.20. The lowest BCUT2D eigenvalue weighted by molar-refractivity contribution is -0.130. The monoisotopic (exact) mass is 392 g/mol. The molecule has 27 heavy (non-hydrogen) atoms. The summed E-state index contributed by atoms with van der Waals surface area (Å²) < 4.78 is 31.1. The molecule has 0 bridgehead atoms. The minimum absolute atomic E-state index is 0.00831. The van der Waals surface area contributed by atoms with Crippen LogP contribution in [0.15, 0.2) is 53.4 Å². The van der Waals surface area contributed by atoms with Gasteiger partial charge in [0.25, 0.3) is 0 Å². The summed E-state index contributed by atoms with van der Waals surface area (Å²) in [5, 5.41) is 12.1. The van der Waals surface area contributed by atoms with Crippen LogP contribution in [0.3, 0.4) is 0 Å². The molecule has 8 heteroatoms. The Morgan fingerprint density at radius 1 is 1.11 bits per heavy atom. The molecule has 1 heterocycles. The molecule has 1 aliphatic heterocycles. The predicted octanol–water partition coefficient (Wildman–Crippen LogP) is 2.74. The van der Waals surface area contributed by atoms with Crippen molar-refractivity contribution in [2.24, 2.45) is 0 Å². The third-order valence-corrected chi connectivity index (χ3v) is 6.64. The van der Waals surface area contributed by atoms with Crippen molar-refractivity contribution in [3.63, 3.8) is 0 Å². The van der Waals surface area contributed by atoms with Gasteiger partial charge in [-0.05, 0) is 74.5 Å². The summed E-state index contributed by atoms with van der Waals surface area (Å²) in [6, 6.07) is 12.5. The summed E-state index contributed by atoms with van der Waals surface area (Å²) in [5.74, 6) is 0.156. The molecule has 1 saturated heterocycles. The number of benzene rings is 2. The maximum atomic E-state index is 13.2. The molecule has 1 atom stereocenters. The summed E-state index contributed by atoms with van der Waals surface area (Å²) in [6.07, 6.45) is 1.13. The Bertz CT molecular complexity index is 805. The van der Waals surface area contributed by atoms with Crippen LogP contribution >= 0.6 is 0 Å². The fourth-order valence-corrected chi connectivity index (χ4v) is 4.88. The second-order valence-corrected chi connectivity index (χ2v) is 8.32. The Hall–Kier alpha value is -2.29. The molecule has 1 amide bonds. The van der Waals surface area contributed by atoms with Crippen LogP contribution < -0.4 is 15.5 Å². The van der Waals surface area contributed by atoms with E-state index in [0.29, 0.717) is 42.3 Å². The van der Waals surface area contributed by atoms with Crippen molar-refractivity contribution < 1.29 is 23.3 Å². The smallest absolute Gasteiger partial charge is 0.244 e. The van der Waals surface area contributed by atoms with E-state index < -0.39 is 21.5 Å². The molecule has 1 fully saturated rings. The van der Waals surface area contributed by atoms with Gasteiger partial charge in [-0.2, -0.15) is 0 Å². The summed E-state index contributed by atoms with van der Waals surface area (Å²) in [6.45, 7) is 1.33. The molecule has 1 unspecified atom stereocenters. The fourth-order valence-electron chi connectivity index (χ4n) is 3.16. The number of piperidine rings is 1. The molecule has 0 radical (unpaired) electrons. The molecule has 0 aliphatic carbocycles. The standard InChI is InChI=1S/C19H21FN2O4S/c20-14-1-3-15(4-2-14)26-16-5-7-17(8-6-16)27(25)19(13-18(23)22-24)9-11-21-12-10-19/h1-8,21,24H,9-13H2,(H,22,23). The highest BCUT2D eigenvalue weighted by atomic mass is 32.2. The van der Waals surface area contributed by atoms with Crippen LogP contribution in [0.25, 0.3) is 0 Å². The highest BCUT2D eigenvalue weighted by molar-refractivity contribution is 7.86. The molecule has 1 aliphatic rings. The van der Waals surface area contributed by atoms with Crippen molar-refractivity contribution in [1.29, 1.82) is 0 Å². The van der Waals surface area contributed by atoms with Gasteiger partial charge in [-0.1, -0.05) is 0 Å². The summed E-state index contributed by atoms with van der Waals surface area (Å²) in [7, 11) is -1.43. The van der Waals surface area contributed by atoms with Gasteiger partial charge in [0.15, 0.2) is 0 Å². The third-order valence-electron chi connectivity index (χ3n) is 4.60. The zero-order chi connectivity index (χ0) is 19.3. The van der Waals surface area contributed by atoms with E-state index in [9.17, 15) is 13.4 Å². The number of ether oxygens (including phenoxy) is 1. The maximum Gasteiger partial charge on any atom is 0.244 e. The Balaban J connectivity index is 1.76. The van der Waals surface area contributed by atoms with E-state index in [-0.39, 0.29) is 12.2 Å². The number of nitrogens with one attached hydrogen (secondary N) is 2. The van der Waals surface area contributed by atoms with E-state index in [1.165, 1.54) is 24.3 Å². The Labute approximate surface area is 159 Å². The van der Waals surface area contributed by atoms with Crippen molar-refractivity contribution in [2.75, 3.05) is 13.1 Å².